The molecule has 0 aliphatic rings. The third kappa shape index (κ3) is 3.27. The zero-order valence-corrected chi connectivity index (χ0v) is 8.88. The largest absolute Gasteiger partial charge is 0.354 e. The summed E-state index contributed by atoms with van der Waals surface area (Å²) >= 11 is 6.05. The lowest BCUT2D eigenvalue weighted by molar-refractivity contribution is 0.744. The highest BCUT2D eigenvalue weighted by Crippen LogP contribution is 2.07. The standard InChI is InChI=1S/C9H16ClN3/c1-3-4-8(10)7-12-9-11-5-6-13(9)2/h5-6,8H,3-4,7H2,1-2H3,(H,11,12). The number of halogens is 1. The maximum absolute atomic E-state index is 6.05. The normalized spacial score (nSPS) is 12.8. The molecule has 4 heteroatoms. The molecule has 0 aliphatic heterocycles. The summed E-state index contributed by atoms with van der Waals surface area (Å²) in [7, 11) is 1.96. The van der Waals surface area contributed by atoms with Gasteiger partial charge in [0.15, 0.2) is 0 Å². The van der Waals surface area contributed by atoms with Crippen molar-refractivity contribution >= 4 is 17.5 Å². The van der Waals surface area contributed by atoms with Crippen molar-refractivity contribution in [1.82, 2.24) is 9.55 Å². The number of hydrogen-bond donors (Lipinski definition) is 1. The molecule has 1 atom stereocenters. The highest BCUT2D eigenvalue weighted by Gasteiger charge is 2.04. The highest BCUT2D eigenvalue weighted by molar-refractivity contribution is 6.20. The maximum atomic E-state index is 6.05. The Hall–Kier alpha value is -0.700. The highest BCUT2D eigenvalue weighted by atomic mass is 35.5. The molecule has 0 bridgehead atoms. The zero-order chi connectivity index (χ0) is 9.68. The van der Waals surface area contributed by atoms with Gasteiger partial charge in [-0.3, -0.25) is 0 Å². The van der Waals surface area contributed by atoms with Crippen molar-refractivity contribution < 1.29 is 0 Å². The molecule has 1 unspecified atom stereocenters. The lowest BCUT2D eigenvalue weighted by Crippen LogP contribution is -2.16. The van der Waals surface area contributed by atoms with Crippen molar-refractivity contribution in [3.63, 3.8) is 0 Å². The van der Waals surface area contributed by atoms with Crippen molar-refractivity contribution in [3.8, 4) is 0 Å². The molecule has 74 valence electrons. The van der Waals surface area contributed by atoms with Crippen LogP contribution in [0.25, 0.3) is 0 Å². The molecule has 0 radical (unpaired) electrons. The molecule has 1 aromatic rings. The number of nitrogens with zero attached hydrogens (tertiary/aromatic N) is 2. The summed E-state index contributed by atoms with van der Waals surface area (Å²) in [6, 6.07) is 0. The van der Waals surface area contributed by atoms with Crippen molar-refractivity contribution in [2.45, 2.75) is 25.1 Å². The van der Waals surface area contributed by atoms with Crippen LogP contribution in [0.3, 0.4) is 0 Å². The average molecular weight is 202 g/mol. The van der Waals surface area contributed by atoms with E-state index < -0.39 is 0 Å². The Morgan fingerprint density at radius 1 is 1.69 bits per heavy atom. The molecule has 1 rings (SSSR count). The Balaban J connectivity index is 2.30. The molecule has 0 saturated heterocycles. The lowest BCUT2D eigenvalue weighted by atomic mass is 10.2. The van der Waals surface area contributed by atoms with Gasteiger partial charge in [-0.05, 0) is 6.42 Å². The summed E-state index contributed by atoms with van der Waals surface area (Å²) < 4.78 is 1.94. The van der Waals surface area contributed by atoms with E-state index >= 15 is 0 Å². The van der Waals surface area contributed by atoms with Gasteiger partial charge in [0.2, 0.25) is 5.95 Å². The Labute approximate surface area is 84.1 Å². The first-order chi connectivity index (χ1) is 6.24. The maximum Gasteiger partial charge on any atom is 0.202 e. The molecule has 1 aromatic heterocycles. The third-order valence-electron chi connectivity index (χ3n) is 1.90. The van der Waals surface area contributed by atoms with Crippen LogP contribution in [-0.2, 0) is 7.05 Å². The Morgan fingerprint density at radius 3 is 3.00 bits per heavy atom. The van der Waals surface area contributed by atoms with E-state index in [1.54, 1.807) is 6.20 Å². The monoisotopic (exact) mass is 201 g/mol. The molecule has 1 heterocycles. The summed E-state index contributed by atoms with van der Waals surface area (Å²) in [4.78, 5) is 4.14. The van der Waals surface area contributed by atoms with Crippen molar-refractivity contribution in [3.05, 3.63) is 12.4 Å². The van der Waals surface area contributed by atoms with E-state index in [0.717, 1.165) is 25.3 Å². The van der Waals surface area contributed by atoms with E-state index in [2.05, 4.69) is 17.2 Å². The topological polar surface area (TPSA) is 29.9 Å². The minimum absolute atomic E-state index is 0.196. The van der Waals surface area contributed by atoms with Crippen LogP contribution in [-0.4, -0.2) is 21.5 Å². The summed E-state index contributed by atoms with van der Waals surface area (Å²) in [5.74, 6) is 0.877. The SMILES string of the molecule is CCCC(Cl)CNc1nccn1C. The van der Waals surface area contributed by atoms with E-state index in [4.69, 9.17) is 11.6 Å². The minimum Gasteiger partial charge on any atom is -0.354 e. The first-order valence-corrected chi connectivity index (χ1v) is 5.03. The molecule has 3 nitrogen and oxygen atoms in total. The van der Waals surface area contributed by atoms with Crippen LogP contribution in [0.2, 0.25) is 0 Å². The molecule has 0 aliphatic carbocycles. The molecular formula is C9H16ClN3. The van der Waals surface area contributed by atoms with Gasteiger partial charge in [-0.25, -0.2) is 4.98 Å². The van der Waals surface area contributed by atoms with Crippen molar-refractivity contribution in [2.24, 2.45) is 7.05 Å². The van der Waals surface area contributed by atoms with Crippen LogP contribution >= 0.6 is 11.6 Å². The summed E-state index contributed by atoms with van der Waals surface area (Å²) in [6.45, 7) is 2.91. The fourth-order valence-electron chi connectivity index (χ4n) is 1.15. The van der Waals surface area contributed by atoms with Gasteiger partial charge >= 0.3 is 0 Å². The first kappa shape index (κ1) is 10.4. The fraction of sp³-hybridized carbons (Fsp3) is 0.667. The number of aromatic nitrogens is 2. The molecule has 0 spiro atoms. The molecular weight excluding hydrogens is 186 g/mol. The average Bonchev–Trinajstić information content (AvgIpc) is 2.48. The second kappa shape index (κ2) is 5.12. The van der Waals surface area contributed by atoms with Gasteiger partial charge in [-0.15, -0.1) is 11.6 Å². The zero-order valence-electron chi connectivity index (χ0n) is 8.13. The molecule has 0 fully saturated rings. The van der Waals surface area contributed by atoms with Crippen LogP contribution in [0, 0.1) is 0 Å². The van der Waals surface area contributed by atoms with Crippen LogP contribution in [0.4, 0.5) is 5.95 Å². The number of rotatable bonds is 5. The number of imidazole rings is 1. The molecule has 0 saturated carbocycles. The summed E-state index contributed by atoms with van der Waals surface area (Å²) in [5, 5.41) is 3.39. The van der Waals surface area contributed by atoms with Crippen LogP contribution in [0.1, 0.15) is 19.8 Å². The van der Waals surface area contributed by atoms with Gasteiger partial charge in [0, 0.05) is 26.0 Å². The predicted octanol–water partition coefficient (Wildman–Crippen LogP) is 2.24. The van der Waals surface area contributed by atoms with E-state index in [-0.39, 0.29) is 5.38 Å². The van der Waals surface area contributed by atoms with Crippen LogP contribution in [0.5, 0.6) is 0 Å². The van der Waals surface area contributed by atoms with Gasteiger partial charge in [0.1, 0.15) is 0 Å². The smallest absolute Gasteiger partial charge is 0.202 e. The van der Waals surface area contributed by atoms with E-state index in [0.29, 0.717) is 0 Å². The van der Waals surface area contributed by atoms with Gasteiger partial charge in [0.25, 0.3) is 0 Å². The lowest BCUT2D eigenvalue weighted by Gasteiger charge is -2.09. The van der Waals surface area contributed by atoms with Gasteiger partial charge < -0.3 is 9.88 Å². The number of hydrogen-bond acceptors (Lipinski definition) is 2. The quantitative estimate of drug-likeness (QED) is 0.741. The number of aryl methyl sites for hydroxylation is 1. The molecule has 0 amide bonds. The Bertz CT molecular complexity index is 247. The number of alkyl halides is 1. The van der Waals surface area contributed by atoms with E-state index in [9.17, 15) is 0 Å². The number of anilines is 1. The third-order valence-corrected chi connectivity index (χ3v) is 2.28. The fourth-order valence-corrected chi connectivity index (χ4v) is 1.45. The summed E-state index contributed by atoms with van der Waals surface area (Å²) in [6.07, 6.45) is 5.84. The molecule has 0 aromatic carbocycles. The second-order valence-electron chi connectivity index (χ2n) is 3.13. The first-order valence-electron chi connectivity index (χ1n) is 4.59. The Kier molecular flexibility index (Phi) is 4.09. The molecule has 1 N–H and O–H groups in total. The van der Waals surface area contributed by atoms with Crippen LogP contribution < -0.4 is 5.32 Å². The summed E-state index contributed by atoms with van der Waals surface area (Å²) in [5.41, 5.74) is 0. The Morgan fingerprint density at radius 2 is 2.46 bits per heavy atom. The molecule has 13 heavy (non-hydrogen) atoms. The van der Waals surface area contributed by atoms with Crippen molar-refractivity contribution in [2.75, 3.05) is 11.9 Å². The van der Waals surface area contributed by atoms with Crippen molar-refractivity contribution in [1.29, 1.82) is 0 Å². The second-order valence-corrected chi connectivity index (χ2v) is 3.75. The predicted molar refractivity (Wildman–Crippen MR) is 56.2 cm³/mol. The van der Waals surface area contributed by atoms with Gasteiger partial charge in [0.05, 0.1) is 5.38 Å². The minimum atomic E-state index is 0.196. The van der Waals surface area contributed by atoms with Crippen LogP contribution in [0.15, 0.2) is 12.4 Å². The van der Waals surface area contributed by atoms with E-state index in [1.165, 1.54) is 0 Å². The number of nitrogens with one attached hydrogen (secondary N) is 1. The van der Waals surface area contributed by atoms with Gasteiger partial charge in [-0.2, -0.15) is 0 Å². The van der Waals surface area contributed by atoms with E-state index in [1.807, 2.05) is 17.8 Å². The van der Waals surface area contributed by atoms with Gasteiger partial charge in [-0.1, -0.05) is 13.3 Å².